The predicted octanol–water partition coefficient (Wildman–Crippen LogP) is 4.82. The van der Waals surface area contributed by atoms with E-state index in [1.165, 1.54) is 12.3 Å². The van der Waals surface area contributed by atoms with Crippen LogP contribution in [-0.4, -0.2) is 24.6 Å². The molecule has 0 aliphatic rings. The summed E-state index contributed by atoms with van der Waals surface area (Å²) in [6.45, 7) is 5.65. The number of rotatable bonds is 4. The molecule has 0 fully saturated rings. The van der Waals surface area contributed by atoms with Crippen LogP contribution in [0, 0.1) is 6.92 Å². The van der Waals surface area contributed by atoms with Crippen molar-refractivity contribution in [3.63, 3.8) is 0 Å². The van der Waals surface area contributed by atoms with Crippen molar-refractivity contribution in [3.05, 3.63) is 71.7 Å². The van der Waals surface area contributed by atoms with Gasteiger partial charge < -0.3 is 0 Å². The maximum absolute atomic E-state index is 11.9. The summed E-state index contributed by atoms with van der Waals surface area (Å²) in [6.07, 6.45) is 6.05. The average molecular weight is 385 g/mol. The van der Waals surface area contributed by atoms with Crippen LogP contribution in [0.25, 0.3) is 28.5 Å². The number of halogens is 1. The highest BCUT2D eigenvalue weighted by Crippen LogP contribution is 2.34. The smallest absolute Gasteiger partial charge is 0.176 e. The van der Waals surface area contributed by atoms with Gasteiger partial charge in [0.15, 0.2) is 9.84 Å². The Morgan fingerprint density at radius 1 is 1.04 bits per heavy atom. The molecule has 0 saturated carbocycles. The molecule has 3 aromatic rings. The first-order valence-electron chi connectivity index (χ1n) is 7.85. The zero-order valence-corrected chi connectivity index (χ0v) is 16.0. The van der Waals surface area contributed by atoms with E-state index in [1.54, 1.807) is 30.6 Å². The van der Waals surface area contributed by atoms with Gasteiger partial charge in [0.1, 0.15) is 0 Å². The van der Waals surface area contributed by atoms with Crippen LogP contribution in [0.1, 0.15) is 11.3 Å². The molecule has 0 spiro atoms. The Hall–Kier alpha value is -2.50. The number of hydrogen-bond acceptors (Lipinski definition) is 4. The van der Waals surface area contributed by atoms with Crippen LogP contribution in [0.15, 0.2) is 60.3 Å². The number of nitrogens with zero attached hydrogens (tertiary/aromatic N) is 2. The van der Waals surface area contributed by atoms with E-state index in [4.69, 9.17) is 11.6 Å². The zero-order chi connectivity index (χ0) is 18.9. The summed E-state index contributed by atoms with van der Waals surface area (Å²) in [7, 11) is -3.34. The topological polar surface area (TPSA) is 59.9 Å². The first kappa shape index (κ1) is 18.3. The van der Waals surface area contributed by atoms with E-state index in [0.29, 0.717) is 10.6 Å². The highest BCUT2D eigenvalue weighted by molar-refractivity contribution is 7.90. The van der Waals surface area contributed by atoms with Gasteiger partial charge in [0.2, 0.25) is 0 Å². The summed E-state index contributed by atoms with van der Waals surface area (Å²) in [5, 5.41) is 0.496. The zero-order valence-electron chi connectivity index (χ0n) is 14.4. The normalized spacial score (nSPS) is 11.3. The van der Waals surface area contributed by atoms with E-state index in [9.17, 15) is 8.42 Å². The van der Waals surface area contributed by atoms with Gasteiger partial charge >= 0.3 is 0 Å². The second-order valence-corrected chi connectivity index (χ2v) is 8.39. The van der Waals surface area contributed by atoms with Gasteiger partial charge in [-0.1, -0.05) is 30.3 Å². The van der Waals surface area contributed by atoms with Gasteiger partial charge in [0, 0.05) is 35.5 Å². The van der Waals surface area contributed by atoms with Gasteiger partial charge in [-0.05, 0) is 48.4 Å². The first-order valence-corrected chi connectivity index (χ1v) is 10.1. The summed E-state index contributed by atoms with van der Waals surface area (Å²) >= 11 is 6.16. The second-order valence-electron chi connectivity index (χ2n) is 5.97. The third-order valence-electron chi connectivity index (χ3n) is 3.98. The van der Waals surface area contributed by atoms with E-state index < -0.39 is 9.84 Å². The van der Waals surface area contributed by atoms with Crippen LogP contribution in [0.5, 0.6) is 0 Å². The maximum Gasteiger partial charge on any atom is 0.176 e. The van der Waals surface area contributed by atoms with Crippen molar-refractivity contribution in [3.8, 4) is 22.4 Å². The molecule has 2 heterocycles. The van der Waals surface area contributed by atoms with Crippen molar-refractivity contribution < 1.29 is 8.42 Å². The number of hydrogen-bond donors (Lipinski definition) is 0. The number of pyridine rings is 2. The van der Waals surface area contributed by atoms with Gasteiger partial charge in [0.25, 0.3) is 0 Å². The minimum absolute atomic E-state index is 0.241. The van der Waals surface area contributed by atoms with Gasteiger partial charge in [-0.15, -0.1) is 0 Å². The number of aryl methyl sites for hydroxylation is 1. The number of benzene rings is 1. The summed E-state index contributed by atoms with van der Waals surface area (Å²) in [5.41, 5.74) is 4.64. The summed E-state index contributed by atoms with van der Waals surface area (Å²) in [5.74, 6) is 0. The molecule has 3 rings (SSSR count). The Bertz CT molecular complexity index is 1090. The highest BCUT2D eigenvalue weighted by atomic mass is 35.5. The van der Waals surface area contributed by atoms with Crippen LogP contribution in [0.3, 0.4) is 0 Å². The van der Waals surface area contributed by atoms with Crippen molar-refractivity contribution in [1.82, 2.24) is 9.97 Å². The van der Waals surface area contributed by atoms with Gasteiger partial charge in [-0.3, -0.25) is 9.97 Å². The van der Waals surface area contributed by atoms with Crippen LogP contribution in [0.4, 0.5) is 0 Å². The number of aromatic nitrogens is 2. The van der Waals surface area contributed by atoms with E-state index >= 15 is 0 Å². The lowest BCUT2D eigenvalue weighted by molar-refractivity contribution is 0.602. The van der Waals surface area contributed by atoms with Crippen LogP contribution < -0.4 is 0 Å². The van der Waals surface area contributed by atoms with E-state index in [1.807, 2.05) is 25.1 Å². The summed E-state index contributed by atoms with van der Waals surface area (Å²) in [4.78, 5) is 9.03. The molecular formula is C20H17ClN2O2S. The Kier molecular flexibility index (Phi) is 4.94. The lowest BCUT2D eigenvalue weighted by Crippen LogP contribution is -2.00. The Labute approximate surface area is 158 Å². The molecule has 0 aliphatic heterocycles. The Morgan fingerprint density at radius 2 is 1.77 bits per heavy atom. The summed E-state index contributed by atoms with van der Waals surface area (Å²) in [6, 6.07) is 10.8. The quantitative estimate of drug-likeness (QED) is 0.647. The highest BCUT2D eigenvalue weighted by Gasteiger charge is 2.15. The molecular weight excluding hydrogens is 368 g/mol. The van der Waals surface area contributed by atoms with Crippen LogP contribution >= 0.6 is 11.6 Å². The third-order valence-corrected chi connectivity index (χ3v) is 5.36. The molecule has 0 saturated heterocycles. The molecule has 26 heavy (non-hydrogen) atoms. The lowest BCUT2D eigenvalue weighted by atomic mass is 9.98. The fourth-order valence-corrected chi connectivity index (χ4v) is 3.75. The minimum Gasteiger partial charge on any atom is -0.261 e. The molecule has 0 amide bonds. The van der Waals surface area contributed by atoms with Gasteiger partial charge in [-0.2, -0.15) is 0 Å². The fraction of sp³-hybridized carbons (Fsp3) is 0.100. The monoisotopic (exact) mass is 384 g/mol. The van der Waals surface area contributed by atoms with Crippen molar-refractivity contribution in [2.75, 3.05) is 6.26 Å². The fourth-order valence-electron chi connectivity index (χ4n) is 2.71. The molecule has 4 nitrogen and oxygen atoms in total. The predicted molar refractivity (Wildman–Crippen MR) is 106 cm³/mol. The molecule has 0 radical (unpaired) electrons. The standard InChI is InChI=1S/C20H17ClN2O2S/c1-4-14-9-15(7-8-19(14)26(3,24)25)18-10-17(21)12-23-20(18)16-6-5-13(2)22-11-16/h4-12H,1H2,2-3H3. The van der Waals surface area contributed by atoms with Crippen molar-refractivity contribution in [2.24, 2.45) is 0 Å². The lowest BCUT2D eigenvalue weighted by Gasteiger charge is -2.12. The van der Waals surface area contributed by atoms with Gasteiger partial charge in [-0.25, -0.2) is 8.42 Å². The van der Waals surface area contributed by atoms with Gasteiger partial charge in [0.05, 0.1) is 15.6 Å². The second kappa shape index (κ2) is 7.02. The first-order chi connectivity index (χ1) is 12.3. The molecule has 0 bridgehead atoms. The van der Waals surface area contributed by atoms with Crippen LogP contribution in [-0.2, 0) is 9.84 Å². The minimum atomic E-state index is -3.34. The maximum atomic E-state index is 11.9. The van der Waals surface area contributed by atoms with E-state index in [2.05, 4.69) is 16.5 Å². The Balaban J connectivity index is 2.22. The largest absolute Gasteiger partial charge is 0.261 e. The molecule has 0 aliphatic carbocycles. The van der Waals surface area contributed by atoms with Crippen molar-refractivity contribution in [2.45, 2.75) is 11.8 Å². The average Bonchev–Trinajstić information content (AvgIpc) is 2.61. The molecule has 0 atom stereocenters. The molecule has 1 aromatic carbocycles. The van der Waals surface area contributed by atoms with Crippen LogP contribution in [0.2, 0.25) is 5.02 Å². The molecule has 2 aromatic heterocycles. The molecule has 0 N–H and O–H groups in total. The number of sulfone groups is 1. The summed E-state index contributed by atoms with van der Waals surface area (Å²) < 4.78 is 23.9. The van der Waals surface area contributed by atoms with Crippen molar-refractivity contribution in [1.29, 1.82) is 0 Å². The van der Waals surface area contributed by atoms with E-state index in [-0.39, 0.29) is 4.90 Å². The molecule has 0 unspecified atom stereocenters. The SMILES string of the molecule is C=Cc1cc(-c2cc(Cl)cnc2-c2ccc(C)nc2)ccc1S(C)(=O)=O. The molecule has 6 heteroatoms. The Morgan fingerprint density at radius 3 is 2.38 bits per heavy atom. The third kappa shape index (κ3) is 3.69. The van der Waals surface area contributed by atoms with Crippen molar-refractivity contribution >= 4 is 27.5 Å². The van der Waals surface area contributed by atoms with E-state index in [0.717, 1.165) is 28.1 Å². The molecule has 132 valence electrons.